The Morgan fingerprint density at radius 3 is 2.03 bits per heavy atom. The molecule has 0 amide bonds. The number of ether oxygens (including phenoxy) is 2. The highest BCUT2D eigenvalue weighted by molar-refractivity contribution is 6.07. The minimum atomic E-state index is -0.0832. The molecule has 0 saturated heterocycles. The van der Waals surface area contributed by atoms with E-state index in [9.17, 15) is 4.79 Å². The molecule has 4 rings (SSSR count). The van der Waals surface area contributed by atoms with Crippen LogP contribution in [0, 0.1) is 6.92 Å². The van der Waals surface area contributed by atoms with E-state index in [1.807, 2.05) is 72.3 Å². The van der Waals surface area contributed by atoms with Crippen LogP contribution in [0.3, 0.4) is 0 Å². The number of benzene rings is 3. The highest BCUT2D eigenvalue weighted by Gasteiger charge is 2.17. The monoisotopic (exact) mass is 424 g/mol. The van der Waals surface area contributed by atoms with Crippen molar-refractivity contribution in [2.75, 3.05) is 14.2 Å². The second-order valence-corrected chi connectivity index (χ2v) is 7.25. The third-order valence-electron chi connectivity index (χ3n) is 5.25. The number of carbonyl (C=O) groups is 1. The lowest BCUT2D eigenvalue weighted by Crippen LogP contribution is -1.99. The molecule has 5 nitrogen and oxygen atoms in total. The first kappa shape index (κ1) is 21.1. The summed E-state index contributed by atoms with van der Waals surface area (Å²) < 4.78 is 12.4. The summed E-state index contributed by atoms with van der Waals surface area (Å²) in [5.74, 6) is 1.41. The molecule has 0 fully saturated rings. The molecule has 0 unspecified atom stereocenters. The number of aromatic nitrogens is 2. The second kappa shape index (κ2) is 9.35. The van der Waals surface area contributed by atoms with Crippen molar-refractivity contribution in [3.05, 3.63) is 102 Å². The minimum absolute atomic E-state index is 0.0832. The quantitative estimate of drug-likeness (QED) is 0.280. The average molecular weight is 425 g/mol. The topological polar surface area (TPSA) is 53.3 Å². The Labute approximate surface area is 187 Å². The number of aryl methyl sites for hydroxylation is 1. The van der Waals surface area contributed by atoms with Crippen LogP contribution in [0.25, 0.3) is 23.0 Å². The lowest BCUT2D eigenvalue weighted by atomic mass is 10.0. The SMILES string of the molecule is COc1ccc(C(=O)/C=C/c2c(C)nn(-c3ccccc3)c2-c2ccc(OC)cc2)cc1. The van der Waals surface area contributed by atoms with Crippen molar-refractivity contribution < 1.29 is 14.3 Å². The fourth-order valence-corrected chi connectivity index (χ4v) is 3.53. The van der Waals surface area contributed by atoms with E-state index in [0.29, 0.717) is 11.3 Å². The summed E-state index contributed by atoms with van der Waals surface area (Å²) in [6, 6.07) is 24.9. The van der Waals surface area contributed by atoms with E-state index in [2.05, 4.69) is 0 Å². The molecule has 0 saturated carbocycles. The number of nitrogens with zero attached hydrogens (tertiary/aromatic N) is 2. The zero-order valence-corrected chi connectivity index (χ0v) is 18.3. The summed E-state index contributed by atoms with van der Waals surface area (Å²) in [6.45, 7) is 1.95. The molecule has 0 spiro atoms. The van der Waals surface area contributed by atoms with Crippen molar-refractivity contribution in [1.29, 1.82) is 0 Å². The molecule has 160 valence electrons. The molecular formula is C27H24N2O3. The van der Waals surface area contributed by atoms with Crippen LogP contribution >= 0.6 is 0 Å². The average Bonchev–Trinajstić information content (AvgIpc) is 3.19. The molecule has 1 heterocycles. The van der Waals surface area contributed by atoms with E-state index in [4.69, 9.17) is 14.6 Å². The number of hydrogen-bond donors (Lipinski definition) is 0. The summed E-state index contributed by atoms with van der Waals surface area (Å²) in [6.07, 6.45) is 3.43. The fourth-order valence-electron chi connectivity index (χ4n) is 3.53. The molecule has 0 N–H and O–H groups in total. The first-order valence-electron chi connectivity index (χ1n) is 10.3. The Kier molecular flexibility index (Phi) is 6.17. The van der Waals surface area contributed by atoms with Gasteiger partial charge in [0.2, 0.25) is 0 Å². The zero-order valence-electron chi connectivity index (χ0n) is 18.3. The number of rotatable bonds is 7. The van der Waals surface area contributed by atoms with Crippen molar-refractivity contribution >= 4 is 11.9 Å². The third kappa shape index (κ3) is 4.32. The third-order valence-corrected chi connectivity index (χ3v) is 5.25. The lowest BCUT2D eigenvalue weighted by molar-refractivity contribution is 0.104. The molecule has 0 atom stereocenters. The summed E-state index contributed by atoms with van der Waals surface area (Å²) in [5, 5.41) is 4.78. The number of allylic oxidation sites excluding steroid dienone is 1. The standard InChI is InChI=1S/C27H24N2O3/c1-19-25(17-18-26(30)20-9-13-23(31-2)14-10-20)27(21-11-15-24(32-3)16-12-21)29(28-19)22-7-5-4-6-8-22/h4-18H,1-3H3/b18-17+. The number of carbonyl (C=O) groups excluding carboxylic acids is 1. The van der Waals surface area contributed by atoms with E-state index in [0.717, 1.165) is 34.0 Å². The Bertz CT molecular complexity index is 1240. The maximum absolute atomic E-state index is 12.8. The van der Waals surface area contributed by atoms with Gasteiger partial charge >= 0.3 is 0 Å². The van der Waals surface area contributed by atoms with Crippen LogP contribution < -0.4 is 9.47 Å². The van der Waals surface area contributed by atoms with Crippen molar-refractivity contribution in [3.63, 3.8) is 0 Å². The van der Waals surface area contributed by atoms with Crippen LogP contribution in [0.4, 0.5) is 0 Å². The van der Waals surface area contributed by atoms with Gasteiger partial charge in [-0.3, -0.25) is 4.79 Å². The van der Waals surface area contributed by atoms with Gasteiger partial charge in [-0.05, 0) is 79.7 Å². The molecule has 5 heteroatoms. The van der Waals surface area contributed by atoms with Crippen LogP contribution in [0.5, 0.6) is 11.5 Å². The van der Waals surface area contributed by atoms with Crippen molar-refractivity contribution in [1.82, 2.24) is 9.78 Å². The van der Waals surface area contributed by atoms with E-state index in [1.165, 1.54) is 0 Å². The normalized spacial score (nSPS) is 11.0. The first-order valence-corrected chi connectivity index (χ1v) is 10.3. The van der Waals surface area contributed by atoms with E-state index < -0.39 is 0 Å². The smallest absolute Gasteiger partial charge is 0.185 e. The van der Waals surface area contributed by atoms with Gasteiger partial charge in [-0.25, -0.2) is 4.68 Å². The van der Waals surface area contributed by atoms with Crippen LogP contribution in [0.2, 0.25) is 0 Å². The Morgan fingerprint density at radius 2 is 1.44 bits per heavy atom. The number of ketones is 1. The largest absolute Gasteiger partial charge is 0.497 e. The zero-order chi connectivity index (χ0) is 22.5. The van der Waals surface area contributed by atoms with Gasteiger partial charge in [-0.15, -0.1) is 0 Å². The van der Waals surface area contributed by atoms with E-state index in [1.54, 1.807) is 44.6 Å². The van der Waals surface area contributed by atoms with Crippen LogP contribution in [-0.2, 0) is 0 Å². The maximum atomic E-state index is 12.8. The predicted molar refractivity (Wildman–Crippen MR) is 127 cm³/mol. The molecule has 0 aliphatic carbocycles. The summed E-state index contributed by atoms with van der Waals surface area (Å²) in [4.78, 5) is 12.8. The highest BCUT2D eigenvalue weighted by atomic mass is 16.5. The molecule has 0 aliphatic rings. The van der Waals surface area contributed by atoms with Crippen molar-refractivity contribution in [2.24, 2.45) is 0 Å². The van der Waals surface area contributed by atoms with Gasteiger partial charge in [-0.1, -0.05) is 18.2 Å². The molecular weight excluding hydrogens is 400 g/mol. The van der Waals surface area contributed by atoms with E-state index in [-0.39, 0.29) is 5.78 Å². The fraction of sp³-hybridized carbons (Fsp3) is 0.111. The van der Waals surface area contributed by atoms with Crippen molar-refractivity contribution in [3.8, 4) is 28.4 Å². The lowest BCUT2D eigenvalue weighted by Gasteiger charge is -2.10. The minimum Gasteiger partial charge on any atom is -0.497 e. The Balaban J connectivity index is 1.77. The molecule has 1 aromatic heterocycles. The summed E-state index contributed by atoms with van der Waals surface area (Å²) in [7, 11) is 3.25. The van der Waals surface area contributed by atoms with Crippen LogP contribution in [0.1, 0.15) is 21.6 Å². The molecule has 0 bridgehead atoms. The number of methoxy groups -OCH3 is 2. The van der Waals surface area contributed by atoms with Gasteiger partial charge in [0.15, 0.2) is 5.78 Å². The highest BCUT2D eigenvalue weighted by Crippen LogP contribution is 2.31. The van der Waals surface area contributed by atoms with Gasteiger partial charge in [-0.2, -0.15) is 5.10 Å². The van der Waals surface area contributed by atoms with E-state index >= 15 is 0 Å². The van der Waals surface area contributed by atoms with Gasteiger partial charge in [0, 0.05) is 16.7 Å². The van der Waals surface area contributed by atoms with Gasteiger partial charge in [0.05, 0.1) is 31.3 Å². The van der Waals surface area contributed by atoms with Crippen molar-refractivity contribution in [2.45, 2.75) is 6.92 Å². The predicted octanol–water partition coefficient (Wildman–Crippen LogP) is 5.76. The van der Waals surface area contributed by atoms with Crippen LogP contribution in [0.15, 0.2) is 84.9 Å². The van der Waals surface area contributed by atoms with Gasteiger partial charge < -0.3 is 9.47 Å². The Hall–Kier alpha value is -4.12. The van der Waals surface area contributed by atoms with Gasteiger partial charge in [0.25, 0.3) is 0 Å². The second-order valence-electron chi connectivity index (χ2n) is 7.25. The first-order chi connectivity index (χ1) is 15.6. The maximum Gasteiger partial charge on any atom is 0.185 e. The summed E-state index contributed by atoms with van der Waals surface area (Å²) >= 11 is 0. The molecule has 32 heavy (non-hydrogen) atoms. The summed E-state index contributed by atoms with van der Waals surface area (Å²) in [5.41, 5.74) is 5.16. The molecule has 0 aliphatic heterocycles. The Morgan fingerprint density at radius 1 is 0.844 bits per heavy atom. The molecule has 4 aromatic rings. The number of hydrogen-bond acceptors (Lipinski definition) is 4. The van der Waals surface area contributed by atoms with Crippen LogP contribution in [-0.4, -0.2) is 29.8 Å². The number of para-hydroxylation sites is 1. The van der Waals surface area contributed by atoms with Gasteiger partial charge in [0.1, 0.15) is 11.5 Å². The molecule has 0 radical (unpaired) electrons. The molecule has 3 aromatic carbocycles.